The molecule has 0 aromatic rings. The Morgan fingerprint density at radius 1 is 1.56 bits per heavy atom. The van der Waals surface area contributed by atoms with Gasteiger partial charge >= 0.3 is 10.4 Å². The van der Waals surface area contributed by atoms with Gasteiger partial charge in [0, 0.05) is 0 Å². The average molecular weight is 246 g/mol. The summed E-state index contributed by atoms with van der Waals surface area (Å²) >= 11 is 0. The zero-order chi connectivity index (χ0) is 12.9. The molecule has 1 fully saturated rings. The molecule has 0 aromatic heterocycles. The van der Waals surface area contributed by atoms with Gasteiger partial charge in [-0.1, -0.05) is 5.11 Å². The van der Waals surface area contributed by atoms with E-state index in [1.54, 1.807) is 30.5 Å². The smallest absolute Gasteiger partial charge is 0.318 e. The van der Waals surface area contributed by atoms with E-state index in [9.17, 15) is 13.2 Å². The number of hydrogen-bond donors (Lipinski definition) is 2. The first-order valence-electron chi connectivity index (χ1n) is 4.68. The van der Waals surface area contributed by atoms with E-state index in [0.29, 0.717) is 5.06 Å². The Bertz CT molecular complexity index is 420. The Morgan fingerprint density at radius 2 is 2.00 bits per heavy atom. The summed E-state index contributed by atoms with van der Waals surface area (Å²) in [6.07, 6.45) is 0. The van der Waals surface area contributed by atoms with Crippen LogP contribution in [0.1, 0.15) is 6.92 Å². The Morgan fingerprint density at radius 3 is 2.31 bits per heavy atom. The molecule has 1 aliphatic heterocycles. The molecule has 0 radical (unpaired) electrons. The average Bonchev–Trinajstić information content (AvgIpc) is 2.08. The van der Waals surface area contributed by atoms with E-state index in [2.05, 4.69) is 4.28 Å². The summed E-state index contributed by atoms with van der Waals surface area (Å²) in [5.74, 6) is -0.671. The first kappa shape index (κ1) is 13.6. The van der Waals surface area contributed by atoms with Crippen LogP contribution < -0.4 is 5.73 Å². The van der Waals surface area contributed by atoms with Crippen LogP contribution in [-0.4, -0.2) is 59.1 Å². The molecular formula is C5H13B3N2O5S. The molecule has 16 heavy (non-hydrogen) atoms. The molecular weight excluding hydrogens is 233 g/mol. The molecule has 1 amide bonds. The van der Waals surface area contributed by atoms with Gasteiger partial charge in [0.05, 0.1) is 29.1 Å². The van der Waals surface area contributed by atoms with Crippen molar-refractivity contribution in [1.29, 1.82) is 0 Å². The lowest BCUT2D eigenvalue weighted by molar-refractivity contribution is -0.218. The molecule has 0 aromatic carbocycles. The minimum absolute atomic E-state index is 0.495. The predicted molar refractivity (Wildman–Crippen MR) is 64.2 cm³/mol. The zero-order valence-corrected chi connectivity index (χ0v) is 10.4. The first-order chi connectivity index (χ1) is 6.91. The van der Waals surface area contributed by atoms with Crippen molar-refractivity contribution in [3.63, 3.8) is 0 Å². The van der Waals surface area contributed by atoms with Gasteiger partial charge in [0.1, 0.15) is 6.04 Å². The van der Waals surface area contributed by atoms with Gasteiger partial charge in [-0.05, 0) is 6.92 Å². The normalized spacial score (nSPS) is 31.3. The SMILES string of the molecule is BC(B)(B)[C@@]1(C)[C@H](N)C(=O)N1OS(=O)(=O)O. The second-order valence-electron chi connectivity index (χ2n) is 5.01. The molecule has 0 saturated carbocycles. The highest BCUT2D eigenvalue weighted by Crippen LogP contribution is 2.44. The van der Waals surface area contributed by atoms with Gasteiger partial charge in [0.15, 0.2) is 0 Å². The van der Waals surface area contributed by atoms with Gasteiger partial charge < -0.3 is 5.73 Å². The number of amides is 1. The van der Waals surface area contributed by atoms with Gasteiger partial charge in [-0.25, -0.2) is 0 Å². The molecule has 1 rings (SSSR count). The highest BCUT2D eigenvalue weighted by atomic mass is 32.3. The molecule has 11 heteroatoms. The number of hydroxylamine groups is 2. The van der Waals surface area contributed by atoms with Crippen LogP contribution in [0.15, 0.2) is 0 Å². The zero-order valence-electron chi connectivity index (χ0n) is 9.59. The Balaban J connectivity index is 3.06. The van der Waals surface area contributed by atoms with E-state index in [0.717, 1.165) is 0 Å². The molecule has 0 unspecified atom stereocenters. The number of carbonyl (C=O) groups excluding carboxylic acids is 1. The van der Waals surface area contributed by atoms with Gasteiger partial charge in [-0.15, -0.1) is 4.28 Å². The van der Waals surface area contributed by atoms with Crippen LogP contribution in [0.4, 0.5) is 0 Å². The topological polar surface area (TPSA) is 110 Å². The number of rotatable bonds is 3. The van der Waals surface area contributed by atoms with Gasteiger partial charge in [0.25, 0.3) is 5.91 Å². The highest BCUT2D eigenvalue weighted by molar-refractivity contribution is 7.80. The second kappa shape index (κ2) is 3.49. The van der Waals surface area contributed by atoms with Crippen LogP contribution in [0, 0.1) is 0 Å². The van der Waals surface area contributed by atoms with Gasteiger partial charge in [0.2, 0.25) is 0 Å². The van der Waals surface area contributed by atoms with E-state index in [1.807, 2.05) is 0 Å². The Labute approximate surface area is 96.8 Å². The van der Waals surface area contributed by atoms with Crippen LogP contribution in [-0.2, 0) is 19.5 Å². The molecule has 1 heterocycles. The fraction of sp³-hybridized carbons (Fsp3) is 0.800. The van der Waals surface area contributed by atoms with Crippen LogP contribution in [0.3, 0.4) is 0 Å². The van der Waals surface area contributed by atoms with E-state index >= 15 is 0 Å². The molecule has 0 bridgehead atoms. The molecule has 2 atom stereocenters. The molecule has 0 spiro atoms. The minimum Gasteiger partial charge on any atom is -0.318 e. The number of nitrogens with two attached hydrogens (primary N) is 1. The van der Waals surface area contributed by atoms with Crippen molar-refractivity contribution < 1.29 is 22.0 Å². The summed E-state index contributed by atoms with van der Waals surface area (Å²) in [5.41, 5.74) is 4.66. The summed E-state index contributed by atoms with van der Waals surface area (Å²) in [7, 11) is 0.652. The van der Waals surface area contributed by atoms with E-state index in [4.69, 9.17) is 10.3 Å². The van der Waals surface area contributed by atoms with E-state index in [-0.39, 0.29) is 0 Å². The molecule has 1 saturated heterocycles. The minimum atomic E-state index is -4.72. The van der Waals surface area contributed by atoms with Crippen LogP contribution in [0.2, 0.25) is 5.11 Å². The van der Waals surface area contributed by atoms with Crippen molar-refractivity contribution >= 4 is 39.8 Å². The molecule has 0 aliphatic carbocycles. The van der Waals surface area contributed by atoms with Crippen LogP contribution in [0.5, 0.6) is 0 Å². The monoisotopic (exact) mass is 246 g/mol. The van der Waals surface area contributed by atoms with Crippen molar-refractivity contribution in [2.24, 2.45) is 5.73 Å². The van der Waals surface area contributed by atoms with E-state index < -0.39 is 33.0 Å². The standard InChI is InChI=1S/C5H13B3N2O5S/c1-4(5(6,7)8)2(9)3(11)10(4)15-16(12,13)14/h2H,6-9H2,1H3,(H,12,13,14)/t2-,4-/m1/s1. The first-order valence-corrected chi connectivity index (χ1v) is 6.04. The van der Waals surface area contributed by atoms with Crippen molar-refractivity contribution in [2.75, 3.05) is 0 Å². The third-order valence-corrected chi connectivity index (χ3v) is 3.52. The third-order valence-electron chi connectivity index (χ3n) is 3.18. The van der Waals surface area contributed by atoms with Crippen molar-refractivity contribution in [1.82, 2.24) is 5.06 Å². The third kappa shape index (κ3) is 1.88. The number of nitrogens with zero attached hydrogens (tertiary/aromatic N) is 1. The highest BCUT2D eigenvalue weighted by Gasteiger charge is 2.63. The van der Waals surface area contributed by atoms with E-state index in [1.165, 1.54) is 0 Å². The summed E-state index contributed by atoms with van der Waals surface area (Å²) < 4.78 is 34.0. The maximum Gasteiger partial charge on any atom is 0.418 e. The van der Waals surface area contributed by atoms with Crippen LogP contribution in [0.25, 0.3) is 0 Å². The van der Waals surface area contributed by atoms with Crippen molar-refractivity contribution in [3.05, 3.63) is 0 Å². The van der Waals surface area contributed by atoms with Crippen LogP contribution >= 0.6 is 0 Å². The largest absolute Gasteiger partial charge is 0.418 e. The summed E-state index contributed by atoms with van der Waals surface area (Å²) in [6, 6.07) is -0.853. The fourth-order valence-corrected chi connectivity index (χ4v) is 2.05. The van der Waals surface area contributed by atoms with Gasteiger partial charge in [-0.2, -0.15) is 13.5 Å². The summed E-state index contributed by atoms with van der Waals surface area (Å²) in [5, 5.41) is 0.123. The lowest BCUT2D eigenvalue weighted by Gasteiger charge is -2.58. The molecule has 88 valence electrons. The Kier molecular flexibility index (Phi) is 2.96. The van der Waals surface area contributed by atoms with Crippen molar-refractivity contribution in [3.8, 4) is 0 Å². The maximum absolute atomic E-state index is 11.4. The molecule has 1 aliphatic rings. The number of hydrogen-bond acceptors (Lipinski definition) is 5. The number of β-lactam (4-membered cyclic amide) rings is 1. The van der Waals surface area contributed by atoms with Crippen molar-refractivity contribution in [2.45, 2.75) is 23.6 Å². The molecule has 7 nitrogen and oxygen atoms in total. The lowest BCUT2D eigenvalue weighted by atomic mass is 9.33. The molecule has 3 N–H and O–H groups in total. The fourth-order valence-electron chi connectivity index (χ4n) is 1.64. The lowest BCUT2D eigenvalue weighted by Crippen LogP contribution is -2.80. The van der Waals surface area contributed by atoms with Gasteiger partial charge in [-0.3, -0.25) is 9.35 Å². The Hall–Kier alpha value is -0.505. The summed E-state index contributed by atoms with van der Waals surface area (Å²) in [6.45, 7) is 1.60. The maximum atomic E-state index is 11.4. The second-order valence-corrected chi connectivity index (χ2v) is 6.01. The summed E-state index contributed by atoms with van der Waals surface area (Å²) in [4.78, 5) is 11.4. The quantitative estimate of drug-likeness (QED) is 0.295. The number of carbonyl (C=O) groups is 1. The predicted octanol–water partition coefficient (Wildman–Crippen LogP) is -4.38.